The summed E-state index contributed by atoms with van der Waals surface area (Å²) in [5, 5.41) is 3.56. The Bertz CT molecular complexity index is 431. The number of rotatable bonds is 2. The summed E-state index contributed by atoms with van der Waals surface area (Å²) in [6.07, 6.45) is 3.27. The van der Waals surface area contributed by atoms with Gasteiger partial charge in [0.1, 0.15) is 0 Å². The highest BCUT2D eigenvalue weighted by molar-refractivity contribution is 4.99. The highest BCUT2D eigenvalue weighted by Crippen LogP contribution is 1.97. The van der Waals surface area contributed by atoms with Crippen molar-refractivity contribution in [2.75, 3.05) is 0 Å². The average molecular weight is 176 g/mol. The van der Waals surface area contributed by atoms with Gasteiger partial charge in [-0.25, -0.2) is 0 Å². The van der Waals surface area contributed by atoms with E-state index in [1.165, 1.54) is 6.07 Å². The van der Waals surface area contributed by atoms with E-state index in [2.05, 4.69) is 5.16 Å². The van der Waals surface area contributed by atoms with Crippen LogP contribution in [0.2, 0.25) is 0 Å². The van der Waals surface area contributed by atoms with Crippen LogP contribution < -0.4 is 5.56 Å². The summed E-state index contributed by atoms with van der Waals surface area (Å²) in [7, 11) is 0. The summed E-state index contributed by atoms with van der Waals surface area (Å²) in [6, 6.07) is 6.76. The average Bonchev–Trinajstić information content (AvgIpc) is 2.61. The van der Waals surface area contributed by atoms with Gasteiger partial charge in [-0.15, -0.1) is 0 Å². The van der Waals surface area contributed by atoms with Crippen LogP contribution in [0, 0.1) is 0 Å². The summed E-state index contributed by atoms with van der Waals surface area (Å²) in [6.45, 7) is 0.430. The molecule has 2 rings (SSSR count). The van der Waals surface area contributed by atoms with E-state index < -0.39 is 0 Å². The Morgan fingerprint density at radius 1 is 1.38 bits per heavy atom. The fraction of sp³-hybridized carbons (Fsp3) is 0.111. The van der Waals surface area contributed by atoms with Gasteiger partial charge in [0.15, 0.2) is 5.76 Å². The molecule has 0 radical (unpaired) electrons. The van der Waals surface area contributed by atoms with Crippen LogP contribution in [0.15, 0.2) is 46.0 Å². The molecule has 0 bridgehead atoms. The van der Waals surface area contributed by atoms with E-state index in [1.807, 2.05) is 0 Å². The van der Waals surface area contributed by atoms with Gasteiger partial charge in [-0.05, 0) is 6.07 Å². The first-order valence-electron chi connectivity index (χ1n) is 3.91. The van der Waals surface area contributed by atoms with Gasteiger partial charge in [-0.3, -0.25) is 4.79 Å². The van der Waals surface area contributed by atoms with Gasteiger partial charge < -0.3 is 9.09 Å². The molecule has 66 valence electrons. The highest BCUT2D eigenvalue weighted by atomic mass is 16.5. The van der Waals surface area contributed by atoms with Crippen molar-refractivity contribution in [3.63, 3.8) is 0 Å². The van der Waals surface area contributed by atoms with Crippen LogP contribution in [0.5, 0.6) is 0 Å². The Balaban J connectivity index is 2.29. The molecule has 0 aliphatic rings. The molecule has 13 heavy (non-hydrogen) atoms. The molecule has 2 aromatic heterocycles. The van der Waals surface area contributed by atoms with Crippen molar-refractivity contribution in [2.24, 2.45) is 0 Å². The Kier molecular flexibility index (Phi) is 1.96. The van der Waals surface area contributed by atoms with E-state index >= 15 is 0 Å². The van der Waals surface area contributed by atoms with Crippen molar-refractivity contribution in [2.45, 2.75) is 6.54 Å². The van der Waals surface area contributed by atoms with Crippen molar-refractivity contribution in [1.82, 2.24) is 9.72 Å². The molecule has 0 spiro atoms. The molecule has 4 nitrogen and oxygen atoms in total. The predicted molar refractivity (Wildman–Crippen MR) is 46.3 cm³/mol. The second-order valence-electron chi connectivity index (χ2n) is 2.65. The Morgan fingerprint density at radius 3 is 3.00 bits per heavy atom. The van der Waals surface area contributed by atoms with Crippen LogP contribution in [0.3, 0.4) is 0 Å². The maximum atomic E-state index is 11.2. The normalized spacial score (nSPS) is 10.2. The quantitative estimate of drug-likeness (QED) is 0.682. The molecule has 0 unspecified atom stereocenters. The van der Waals surface area contributed by atoms with Crippen LogP contribution in [-0.2, 0) is 6.54 Å². The number of hydrogen-bond donors (Lipinski definition) is 0. The summed E-state index contributed by atoms with van der Waals surface area (Å²) in [5.74, 6) is 0.674. The van der Waals surface area contributed by atoms with Gasteiger partial charge in [-0.2, -0.15) is 0 Å². The zero-order valence-corrected chi connectivity index (χ0v) is 6.88. The molecule has 0 amide bonds. The summed E-state index contributed by atoms with van der Waals surface area (Å²) in [4.78, 5) is 11.2. The van der Waals surface area contributed by atoms with E-state index in [-0.39, 0.29) is 5.56 Å². The lowest BCUT2D eigenvalue weighted by atomic mass is 10.4. The molecule has 0 fully saturated rings. The van der Waals surface area contributed by atoms with E-state index in [4.69, 9.17) is 4.52 Å². The fourth-order valence-electron chi connectivity index (χ4n) is 1.08. The lowest BCUT2D eigenvalue weighted by Crippen LogP contribution is -2.17. The third-order valence-electron chi connectivity index (χ3n) is 1.72. The molecule has 0 atom stereocenters. The third kappa shape index (κ3) is 1.66. The molecule has 0 saturated heterocycles. The first-order chi connectivity index (χ1) is 6.36. The molecule has 4 heteroatoms. The smallest absolute Gasteiger partial charge is 0.250 e. The number of hydrogen-bond acceptors (Lipinski definition) is 3. The van der Waals surface area contributed by atoms with Crippen LogP contribution in [0.1, 0.15) is 5.76 Å². The maximum absolute atomic E-state index is 11.2. The van der Waals surface area contributed by atoms with E-state index in [9.17, 15) is 4.79 Å². The molecule has 0 aliphatic carbocycles. The Morgan fingerprint density at radius 2 is 2.31 bits per heavy atom. The minimum atomic E-state index is -0.0427. The highest BCUT2D eigenvalue weighted by Gasteiger charge is 1.98. The van der Waals surface area contributed by atoms with Crippen molar-refractivity contribution in [3.8, 4) is 0 Å². The van der Waals surface area contributed by atoms with Crippen LogP contribution in [-0.4, -0.2) is 9.72 Å². The zero-order valence-electron chi connectivity index (χ0n) is 6.88. The third-order valence-corrected chi connectivity index (χ3v) is 1.72. The molecule has 2 aromatic rings. The molecule has 0 aliphatic heterocycles. The van der Waals surface area contributed by atoms with Crippen LogP contribution in [0.4, 0.5) is 0 Å². The second-order valence-corrected chi connectivity index (χ2v) is 2.65. The molecule has 0 saturated carbocycles. The van der Waals surface area contributed by atoms with Crippen molar-refractivity contribution >= 4 is 0 Å². The van der Waals surface area contributed by atoms with Gasteiger partial charge in [-0.1, -0.05) is 11.2 Å². The van der Waals surface area contributed by atoms with Gasteiger partial charge in [0.05, 0.1) is 12.7 Å². The zero-order chi connectivity index (χ0) is 9.10. The van der Waals surface area contributed by atoms with Crippen molar-refractivity contribution < 1.29 is 4.52 Å². The van der Waals surface area contributed by atoms with Gasteiger partial charge in [0.2, 0.25) is 0 Å². The monoisotopic (exact) mass is 176 g/mol. The molecular weight excluding hydrogens is 168 g/mol. The standard InChI is InChI=1S/C9H8N2O2/c12-9-3-1-2-6-11(9)7-8-4-5-10-13-8/h1-6H,7H2. The van der Waals surface area contributed by atoms with E-state index in [0.717, 1.165) is 0 Å². The van der Waals surface area contributed by atoms with Crippen LogP contribution in [0.25, 0.3) is 0 Å². The molecule has 2 heterocycles. The first-order valence-corrected chi connectivity index (χ1v) is 3.91. The summed E-state index contributed by atoms with van der Waals surface area (Å²) < 4.78 is 6.44. The fourth-order valence-corrected chi connectivity index (χ4v) is 1.08. The first kappa shape index (κ1) is 7.79. The van der Waals surface area contributed by atoms with Gasteiger partial charge in [0, 0.05) is 18.3 Å². The molecule has 0 aromatic carbocycles. The van der Waals surface area contributed by atoms with Crippen LogP contribution >= 0.6 is 0 Å². The molecular formula is C9H8N2O2. The molecule has 0 N–H and O–H groups in total. The largest absolute Gasteiger partial charge is 0.359 e. The second kappa shape index (κ2) is 3.26. The van der Waals surface area contributed by atoms with E-state index in [0.29, 0.717) is 12.3 Å². The Hall–Kier alpha value is -1.84. The van der Waals surface area contributed by atoms with E-state index in [1.54, 1.807) is 35.2 Å². The van der Waals surface area contributed by atoms with Gasteiger partial charge >= 0.3 is 0 Å². The summed E-state index contributed by atoms with van der Waals surface area (Å²) in [5.41, 5.74) is -0.0427. The number of aromatic nitrogens is 2. The predicted octanol–water partition coefficient (Wildman–Crippen LogP) is 0.885. The lowest BCUT2D eigenvalue weighted by molar-refractivity contribution is 0.375. The topological polar surface area (TPSA) is 48.0 Å². The minimum absolute atomic E-state index is 0.0427. The lowest BCUT2D eigenvalue weighted by Gasteiger charge is -1.99. The SMILES string of the molecule is O=c1ccccn1Cc1ccno1. The summed E-state index contributed by atoms with van der Waals surface area (Å²) >= 11 is 0. The van der Waals surface area contributed by atoms with Crippen molar-refractivity contribution in [1.29, 1.82) is 0 Å². The Labute approximate surface area is 74.4 Å². The number of nitrogens with zero attached hydrogens (tertiary/aromatic N) is 2. The van der Waals surface area contributed by atoms with Crippen molar-refractivity contribution in [3.05, 3.63) is 52.8 Å². The minimum Gasteiger partial charge on any atom is -0.359 e. The maximum Gasteiger partial charge on any atom is 0.250 e. The van der Waals surface area contributed by atoms with Gasteiger partial charge in [0.25, 0.3) is 5.56 Å². The number of pyridine rings is 1.